The molecule has 2 N–H and O–H groups in total. The molecule has 1 fully saturated rings. The predicted octanol–water partition coefficient (Wildman–Crippen LogP) is 0.788. The quantitative estimate of drug-likeness (QED) is 0.665. The minimum absolute atomic E-state index is 0.576. The van der Waals surface area contributed by atoms with Crippen molar-refractivity contribution in [2.24, 2.45) is 0 Å². The molecule has 17 heavy (non-hydrogen) atoms. The van der Waals surface area contributed by atoms with E-state index in [0.29, 0.717) is 4.90 Å². The number of imide groups is 1. The third-order valence-corrected chi connectivity index (χ3v) is 2.27. The Balaban J connectivity index is 2.53. The van der Waals surface area contributed by atoms with Gasteiger partial charge in [0.2, 0.25) is 0 Å². The van der Waals surface area contributed by atoms with E-state index in [-0.39, 0.29) is 0 Å². The molecule has 7 nitrogen and oxygen atoms in total. The van der Waals surface area contributed by atoms with Crippen LogP contribution >= 0.6 is 0 Å². The van der Waals surface area contributed by atoms with Crippen molar-refractivity contribution in [3.63, 3.8) is 0 Å². The number of nitrogens with one attached hydrogen (secondary N) is 1. The molecule has 0 bridgehead atoms. The van der Waals surface area contributed by atoms with Crippen LogP contribution in [-0.2, 0) is 9.53 Å². The van der Waals surface area contributed by atoms with Crippen molar-refractivity contribution < 1.29 is 24.2 Å². The first-order chi connectivity index (χ1) is 7.63. The van der Waals surface area contributed by atoms with E-state index in [1.54, 1.807) is 20.8 Å². The standard InChI is InChI=1S/C10H16N2O5/c1-5-6(7(13)12(5)9(15)16)11-8(14)17-10(2,3)4/h5-6H,1-4H3,(H,11,14)(H,15,16)/t5-,6-/m0/s1. The average molecular weight is 244 g/mol. The predicted molar refractivity (Wildman–Crippen MR) is 57.5 cm³/mol. The van der Waals surface area contributed by atoms with Crippen molar-refractivity contribution in [3.05, 3.63) is 0 Å². The minimum atomic E-state index is -1.32. The van der Waals surface area contributed by atoms with Crippen LogP contribution in [0.2, 0.25) is 0 Å². The van der Waals surface area contributed by atoms with Gasteiger partial charge in [-0.3, -0.25) is 4.79 Å². The second kappa shape index (κ2) is 4.23. The zero-order chi connectivity index (χ0) is 13.4. The Labute approximate surface area is 98.7 Å². The van der Waals surface area contributed by atoms with Gasteiger partial charge in [-0.15, -0.1) is 0 Å². The third kappa shape index (κ3) is 2.86. The van der Waals surface area contributed by atoms with Gasteiger partial charge in [0, 0.05) is 0 Å². The maximum Gasteiger partial charge on any atom is 0.414 e. The molecule has 96 valence electrons. The number of carboxylic acid groups (broad SMARTS) is 1. The SMILES string of the molecule is C[C@H]1[C@H](NC(=O)OC(C)(C)C)C(=O)N1C(=O)O. The summed E-state index contributed by atoms with van der Waals surface area (Å²) in [5.41, 5.74) is -0.660. The summed E-state index contributed by atoms with van der Waals surface area (Å²) in [5.74, 6) is -0.643. The number of β-lactam (4-membered cyclic amide) rings is 1. The van der Waals surface area contributed by atoms with Crippen molar-refractivity contribution >= 4 is 18.1 Å². The summed E-state index contributed by atoms with van der Waals surface area (Å²) >= 11 is 0. The van der Waals surface area contributed by atoms with E-state index >= 15 is 0 Å². The van der Waals surface area contributed by atoms with Crippen LogP contribution in [0.15, 0.2) is 0 Å². The summed E-state index contributed by atoms with van der Waals surface area (Å²) in [6, 6.07) is -1.41. The highest BCUT2D eigenvalue weighted by Crippen LogP contribution is 2.20. The van der Waals surface area contributed by atoms with Crippen LogP contribution in [0.5, 0.6) is 0 Å². The molecule has 0 aromatic carbocycles. The highest BCUT2D eigenvalue weighted by Gasteiger charge is 2.49. The summed E-state index contributed by atoms with van der Waals surface area (Å²) in [6.45, 7) is 6.63. The van der Waals surface area contributed by atoms with Crippen LogP contribution in [0, 0.1) is 0 Å². The summed E-state index contributed by atoms with van der Waals surface area (Å²) in [5, 5.41) is 11.0. The Kier molecular flexibility index (Phi) is 3.30. The molecule has 0 radical (unpaired) electrons. The van der Waals surface area contributed by atoms with Crippen LogP contribution in [-0.4, -0.2) is 45.8 Å². The summed E-state index contributed by atoms with van der Waals surface area (Å²) < 4.78 is 4.97. The second-order valence-corrected chi connectivity index (χ2v) is 4.86. The van der Waals surface area contributed by atoms with Gasteiger partial charge >= 0.3 is 12.2 Å². The zero-order valence-corrected chi connectivity index (χ0v) is 10.2. The van der Waals surface area contributed by atoms with Gasteiger partial charge in [-0.25, -0.2) is 14.5 Å². The molecule has 3 amide bonds. The molecular weight excluding hydrogens is 228 g/mol. The van der Waals surface area contributed by atoms with Crippen molar-refractivity contribution in [2.75, 3.05) is 0 Å². The molecule has 0 aromatic heterocycles. The average Bonchev–Trinajstić information content (AvgIpc) is 2.11. The molecule has 2 atom stereocenters. The zero-order valence-electron chi connectivity index (χ0n) is 10.2. The van der Waals surface area contributed by atoms with E-state index in [1.807, 2.05) is 0 Å². The fourth-order valence-corrected chi connectivity index (χ4v) is 1.51. The third-order valence-electron chi connectivity index (χ3n) is 2.27. The summed E-state index contributed by atoms with van der Waals surface area (Å²) in [7, 11) is 0. The molecule has 0 unspecified atom stereocenters. The van der Waals surface area contributed by atoms with Crippen molar-refractivity contribution in [3.8, 4) is 0 Å². The topological polar surface area (TPSA) is 95.9 Å². The maximum atomic E-state index is 11.4. The lowest BCUT2D eigenvalue weighted by atomic mass is 9.98. The van der Waals surface area contributed by atoms with E-state index in [0.717, 1.165) is 0 Å². The smallest absolute Gasteiger partial charge is 0.414 e. The summed E-state index contributed by atoms with van der Waals surface area (Å²) in [6.07, 6.45) is -2.04. The second-order valence-electron chi connectivity index (χ2n) is 4.86. The molecule has 0 saturated carbocycles. The molecule has 7 heteroatoms. The number of likely N-dealkylation sites (tertiary alicyclic amines) is 1. The van der Waals surface area contributed by atoms with Gasteiger partial charge in [-0.05, 0) is 27.7 Å². The van der Waals surface area contributed by atoms with Gasteiger partial charge in [0.25, 0.3) is 5.91 Å². The number of carbonyl (C=O) groups excluding carboxylic acids is 2. The number of hydrogen-bond acceptors (Lipinski definition) is 4. The minimum Gasteiger partial charge on any atom is -0.465 e. The number of ether oxygens (including phenoxy) is 1. The number of amides is 3. The number of carbonyl (C=O) groups is 3. The Hall–Kier alpha value is -1.79. The monoisotopic (exact) mass is 244 g/mol. The van der Waals surface area contributed by atoms with Crippen LogP contribution in [0.1, 0.15) is 27.7 Å². The Morgan fingerprint density at radius 2 is 1.94 bits per heavy atom. The van der Waals surface area contributed by atoms with Crippen LogP contribution in [0.4, 0.5) is 9.59 Å². The Morgan fingerprint density at radius 1 is 1.41 bits per heavy atom. The van der Waals surface area contributed by atoms with Crippen LogP contribution in [0.3, 0.4) is 0 Å². The number of hydrogen-bond donors (Lipinski definition) is 2. The van der Waals surface area contributed by atoms with Crippen molar-refractivity contribution in [1.82, 2.24) is 10.2 Å². The van der Waals surface area contributed by atoms with Crippen molar-refractivity contribution in [2.45, 2.75) is 45.4 Å². The van der Waals surface area contributed by atoms with Crippen LogP contribution < -0.4 is 5.32 Å². The molecule has 1 aliphatic rings. The number of rotatable bonds is 1. The van der Waals surface area contributed by atoms with E-state index in [9.17, 15) is 14.4 Å². The molecular formula is C10H16N2O5. The lowest BCUT2D eigenvalue weighted by Gasteiger charge is -2.41. The molecule has 1 rings (SSSR count). The lowest BCUT2D eigenvalue weighted by molar-refractivity contribution is -0.145. The number of nitrogens with zero attached hydrogens (tertiary/aromatic N) is 1. The Bertz CT molecular complexity index is 360. The fraction of sp³-hybridized carbons (Fsp3) is 0.700. The van der Waals surface area contributed by atoms with Gasteiger partial charge in [0.15, 0.2) is 0 Å². The fourth-order valence-electron chi connectivity index (χ4n) is 1.51. The summed E-state index contributed by atoms with van der Waals surface area (Å²) in [4.78, 5) is 34.1. The molecule has 1 heterocycles. The van der Waals surface area contributed by atoms with Crippen molar-refractivity contribution in [1.29, 1.82) is 0 Å². The van der Waals surface area contributed by atoms with E-state index in [4.69, 9.17) is 9.84 Å². The van der Waals surface area contributed by atoms with Gasteiger partial charge < -0.3 is 15.2 Å². The number of alkyl carbamates (subject to hydrolysis) is 1. The van der Waals surface area contributed by atoms with Gasteiger partial charge in [0.05, 0.1) is 6.04 Å². The molecule has 1 aliphatic heterocycles. The van der Waals surface area contributed by atoms with Crippen LogP contribution in [0.25, 0.3) is 0 Å². The molecule has 1 saturated heterocycles. The van der Waals surface area contributed by atoms with E-state index < -0.39 is 35.8 Å². The first-order valence-corrected chi connectivity index (χ1v) is 5.19. The highest BCUT2D eigenvalue weighted by molar-refractivity contribution is 6.02. The van der Waals surface area contributed by atoms with Gasteiger partial charge in [-0.1, -0.05) is 0 Å². The highest BCUT2D eigenvalue weighted by atomic mass is 16.6. The molecule has 0 spiro atoms. The first-order valence-electron chi connectivity index (χ1n) is 5.19. The normalized spacial score (nSPS) is 24.0. The lowest BCUT2D eigenvalue weighted by Crippen LogP contribution is -2.71. The molecule has 0 aromatic rings. The Morgan fingerprint density at radius 3 is 2.29 bits per heavy atom. The first kappa shape index (κ1) is 13.3. The maximum absolute atomic E-state index is 11.4. The largest absolute Gasteiger partial charge is 0.465 e. The van der Waals surface area contributed by atoms with Gasteiger partial charge in [0.1, 0.15) is 11.6 Å². The molecule has 0 aliphatic carbocycles. The van der Waals surface area contributed by atoms with E-state index in [2.05, 4.69) is 5.32 Å². The van der Waals surface area contributed by atoms with Gasteiger partial charge in [-0.2, -0.15) is 0 Å². The van der Waals surface area contributed by atoms with E-state index in [1.165, 1.54) is 6.92 Å².